The van der Waals surface area contributed by atoms with Crippen molar-refractivity contribution < 1.29 is 0 Å². The summed E-state index contributed by atoms with van der Waals surface area (Å²) in [7, 11) is 0. The molecule has 18 rings (SSSR count). The molecule has 0 atom stereocenters. The van der Waals surface area contributed by atoms with Gasteiger partial charge in [-0.25, -0.2) is 0 Å². The van der Waals surface area contributed by atoms with Gasteiger partial charge in [-0.15, -0.1) is 0 Å². The van der Waals surface area contributed by atoms with Crippen LogP contribution in [0.15, 0.2) is 255 Å². The smallest absolute Gasteiger partial charge is 0.0726 e. The lowest BCUT2D eigenvalue weighted by Crippen LogP contribution is -2.25. The van der Waals surface area contributed by atoms with Crippen LogP contribution in [0.5, 0.6) is 0 Å². The van der Waals surface area contributed by atoms with Crippen molar-refractivity contribution in [3.05, 3.63) is 310 Å². The molecule has 2 nitrogen and oxygen atoms in total. The van der Waals surface area contributed by atoms with Gasteiger partial charge in [0, 0.05) is 32.7 Å². The van der Waals surface area contributed by atoms with Crippen molar-refractivity contribution in [1.29, 1.82) is 0 Å². The molecule has 0 bridgehead atoms. The number of hydrogen-bond donors (Lipinski definition) is 0. The van der Waals surface area contributed by atoms with Gasteiger partial charge < -0.3 is 9.13 Å². The van der Waals surface area contributed by atoms with Crippen molar-refractivity contribution in [2.24, 2.45) is 0 Å². The Morgan fingerprint density at radius 3 is 0.857 bits per heavy atom. The Labute approximate surface area is 490 Å². The number of aromatic nitrogens is 2. The van der Waals surface area contributed by atoms with Gasteiger partial charge in [-0.1, -0.05) is 236 Å². The fraction of sp³-hybridized carbons (Fsp3) is 0.122. The minimum absolute atomic E-state index is 0.0401. The molecule has 2 heterocycles. The van der Waals surface area contributed by atoms with Gasteiger partial charge in [-0.05, 0) is 172 Å². The molecule has 0 fully saturated rings. The van der Waals surface area contributed by atoms with Crippen molar-refractivity contribution in [2.75, 3.05) is 0 Å². The summed E-state index contributed by atoms with van der Waals surface area (Å²) in [6, 6.07) is 98.1. The summed E-state index contributed by atoms with van der Waals surface area (Å²) in [5.41, 5.74) is 32.7. The van der Waals surface area contributed by atoms with Gasteiger partial charge in [0.1, 0.15) is 0 Å². The molecule has 0 radical (unpaired) electrons. The third kappa shape index (κ3) is 5.95. The molecule has 2 heteroatoms. The molecule has 14 aromatic rings. The van der Waals surface area contributed by atoms with Crippen LogP contribution in [0.3, 0.4) is 0 Å². The van der Waals surface area contributed by atoms with Crippen molar-refractivity contribution >= 4 is 43.6 Å². The van der Waals surface area contributed by atoms with Crippen molar-refractivity contribution in [2.45, 2.75) is 63.2 Å². The second kappa shape index (κ2) is 16.5. The Morgan fingerprint density at radius 2 is 0.524 bits per heavy atom. The maximum absolute atomic E-state index is 2.58. The minimum atomic E-state index is -0.433. The number of nitrogens with zero attached hydrogens (tertiary/aromatic N) is 2. The Bertz CT molecular complexity index is 4810. The van der Waals surface area contributed by atoms with Gasteiger partial charge >= 0.3 is 0 Å². The Morgan fingerprint density at radius 1 is 0.250 bits per heavy atom. The molecule has 84 heavy (non-hydrogen) atoms. The summed E-state index contributed by atoms with van der Waals surface area (Å²) in [5.74, 6) is 0. The lowest BCUT2D eigenvalue weighted by atomic mass is 9.70. The molecule has 0 unspecified atom stereocenters. The highest BCUT2D eigenvalue weighted by atomic mass is 15.0. The van der Waals surface area contributed by atoms with Crippen LogP contribution in [0.2, 0.25) is 0 Å². The molecule has 2 aromatic heterocycles. The van der Waals surface area contributed by atoms with Crippen LogP contribution in [-0.4, -0.2) is 9.13 Å². The van der Waals surface area contributed by atoms with E-state index in [0.29, 0.717) is 0 Å². The second-order valence-corrected chi connectivity index (χ2v) is 26.3. The molecule has 0 N–H and O–H groups in total. The van der Waals surface area contributed by atoms with Gasteiger partial charge in [-0.3, -0.25) is 0 Å². The fourth-order valence-corrected chi connectivity index (χ4v) is 16.5. The van der Waals surface area contributed by atoms with Gasteiger partial charge in [-0.2, -0.15) is 0 Å². The molecule has 0 saturated carbocycles. The molecule has 398 valence electrons. The van der Waals surface area contributed by atoms with E-state index in [4.69, 9.17) is 0 Å². The first-order valence-electron chi connectivity index (χ1n) is 30.0. The first kappa shape index (κ1) is 47.8. The quantitative estimate of drug-likeness (QED) is 0.167. The monoisotopic (exact) mass is 1070 g/mol. The van der Waals surface area contributed by atoms with E-state index in [0.717, 1.165) is 0 Å². The molecule has 0 saturated heterocycles. The lowest BCUT2D eigenvalue weighted by Gasteiger charge is -2.30. The summed E-state index contributed by atoms with van der Waals surface area (Å²) in [5, 5.41) is 5.04. The van der Waals surface area contributed by atoms with Crippen LogP contribution in [-0.2, 0) is 21.7 Å². The first-order valence-corrected chi connectivity index (χ1v) is 30.0. The predicted octanol–water partition coefficient (Wildman–Crippen LogP) is 20.8. The van der Waals surface area contributed by atoms with Gasteiger partial charge in [0.15, 0.2) is 0 Å². The van der Waals surface area contributed by atoms with Crippen LogP contribution < -0.4 is 0 Å². The largest absolute Gasteiger partial charge is 0.309 e. The van der Waals surface area contributed by atoms with Crippen LogP contribution in [0.25, 0.3) is 111 Å². The molecule has 4 aliphatic rings. The highest BCUT2D eigenvalue weighted by molar-refractivity contribution is 6.14. The summed E-state index contributed by atoms with van der Waals surface area (Å²) >= 11 is 0. The van der Waals surface area contributed by atoms with E-state index >= 15 is 0 Å². The lowest BCUT2D eigenvalue weighted by molar-refractivity contribution is 0.591. The summed E-state index contributed by atoms with van der Waals surface area (Å²) in [6.45, 7) is 14.0. The zero-order valence-electron chi connectivity index (χ0n) is 48.1. The first-order chi connectivity index (χ1) is 41.0. The zero-order chi connectivity index (χ0) is 56.2. The van der Waals surface area contributed by atoms with E-state index in [9.17, 15) is 0 Å². The van der Waals surface area contributed by atoms with Crippen LogP contribution >= 0.6 is 0 Å². The average molecular weight is 1070 g/mol. The van der Waals surface area contributed by atoms with Crippen molar-refractivity contribution in [3.63, 3.8) is 0 Å². The van der Waals surface area contributed by atoms with Gasteiger partial charge in [0.2, 0.25) is 0 Å². The average Bonchev–Trinajstić information content (AvgIpc) is 1.55. The maximum atomic E-state index is 2.58. The van der Waals surface area contributed by atoms with Gasteiger partial charge in [0.25, 0.3) is 0 Å². The van der Waals surface area contributed by atoms with Crippen LogP contribution in [0.4, 0.5) is 0 Å². The summed E-state index contributed by atoms with van der Waals surface area (Å²) in [6.07, 6.45) is 0. The summed E-state index contributed by atoms with van der Waals surface area (Å²) in [4.78, 5) is 0. The number of fused-ring (bicyclic) bond motifs is 26. The maximum Gasteiger partial charge on any atom is 0.0726 e. The van der Waals surface area contributed by atoms with E-state index in [1.807, 2.05) is 0 Å². The highest BCUT2D eigenvalue weighted by Gasteiger charge is 2.54. The minimum Gasteiger partial charge on any atom is -0.309 e. The number of hydrogen-bond acceptors (Lipinski definition) is 0. The molecule has 0 amide bonds. The SMILES string of the molecule is CC(C)(C)c1ccc2c(c1)c1cc(-c3ccc4c(c3)c3cc(C(C)(C)C)ccc3n4-c3cccc4c3-c3ccccc3C43c4ccccc4-c4ccccc43)ccc1n2-c1cccc2c1-c1ccccc1C21c2ccccc2-c2ccccc21. The number of benzene rings is 12. The van der Waals surface area contributed by atoms with Crippen LogP contribution in [0.1, 0.15) is 97.2 Å². The molecular weight excluding hydrogens is 1010 g/mol. The second-order valence-electron chi connectivity index (χ2n) is 26.3. The standard InChI is InChI=1S/C82H60N2/c1-79(2,3)51-39-43-73-61(47-51)59-45-49(37-41-71(59)83(73)75-35-19-33-69-77(75)57-25-11-17-31-67(57)81(69)63-27-13-7-21-53(63)54-22-8-14-28-64(54)81)50-38-42-72-60(46-50)62-48-52(80(4,5)6)40-44-74(62)84(72)76-36-20-34-70-78(76)58-26-12-18-32-68(58)82(70)65-29-15-9-23-55(65)56-24-10-16-30-66(56)82/h7-48H,1-6H3. The van der Waals surface area contributed by atoms with Crippen molar-refractivity contribution in [1.82, 2.24) is 9.13 Å². The predicted molar refractivity (Wildman–Crippen MR) is 351 cm³/mol. The third-order valence-electron chi connectivity index (χ3n) is 20.1. The molecule has 4 aliphatic carbocycles. The highest BCUT2D eigenvalue weighted by Crippen LogP contribution is 2.66. The van der Waals surface area contributed by atoms with E-state index in [-0.39, 0.29) is 10.8 Å². The summed E-state index contributed by atoms with van der Waals surface area (Å²) < 4.78 is 5.16. The fourth-order valence-electron chi connectivity index (χ4n) is 16.5. The number of rotatable bonds is 3. The van der Waals surface area contributed by atoms with E-state index < -0.39 is 10.8 Å². The Kier molecular flexibility index (Phi) is 9.39. The Hall–Kier alpha value is -9.76. The third-order valence-corrected chi connectivity index (χ3v) is 20.1. The van der Waals surface area contributed by atoms with E-state index in [1.54, 1.807) is 0 Å². The normalized spacial score (nSPS) is 14.5. The van der Waals surface area contributed by atoms with Crippen LogP contribution in [0, 0.1) is 0 Å². The topological polar surface area (TPSA) is 9.86 Å². The molecular formula is C82H60N2. The van der Waals surface area contributed by atoms with Crippen molar-refractivity contribution in [3.8, 4) is 67.0 Å². The van der Waals surface area contributed by atoms with E-state index in [2.05, 4.69) is 305 Å². The van der Waals surface area contributed by atoms with Gasteiger partial charge in [0.05, 0.1) is 44.3 Å². The van der Waals surface area contributed by atoms with E-state index in [1.165, 1.54) is 166 Å². The Balaban J connectivity index is 0.859. The zero-order valence-corrected chi connectivity index (χ0v) is 48.1. The molecule has 2 spiro atoms. The molecule has 12 aromatic carbocycles. The molecule has 0 aliphatic heterocycles.